The van der Waals surface area contributed by atoms with E-state index in [0.29, 0.717) is 0 Å². The molecular formula is C11H19N3S. The maximum Gasteiger partial charge on any atom is 0.0394 e. The van der Waals surface area contributed by atoms with Crippen LogP contribution in [0.1, 0.15) is 6.42 Å². The molecule has 0 bridgehead atoms. The number of rotatable bonds is 7. The van der Waals surface area contributed by atoms with Crippen molar-refractivity contribution in [2.75, 3.05) is 36.5 Å². The Labute approximate surface area is 96.1 Å². The van der Waals surface area contributed by atoms with Gasteiger partial charge in [-0.1, -0.05) is 0 Å². The van der Waals surface area contributed by atoms with Crippen molar-refractivity contribution in [3.05, 3.63) is 24.5 Å². The standard InChI is InChI=1S/C11H19N3S/c1-14(8-2-9-15-10-5-12)11-3-6-13-7-4-11/h3-4,6-7H,2,5,8-10,12H2,1H3. The van der Waals surface area contributed by atoms with Crippen LogP contribution < -0.4 is 10.6 Å². The number of pyridine rings is 1. The van der Waals surface area contributed by atoms with E-state index in [1.165, 1.54) is 17.9 Å². The molecule has 1 heterocycles. The molecule has 0 aromatic carbocycles. The van der Waals surface area contributed by atoms with Gasteiger partial charge in [0.2, 0.25) is 0 Å². The average Bonchev–Trinajstić information content (AvgIpc) is 2.30. The topological polar surface area (TPSA) is 42.1 Å². The molecule has 15 heavy (non-hydrogen) atoms. The molecular weight excluding hydrogens is 206 g/mol. The quantitative estimate of drug-likeness (QED) is 0.716. The lowest BCUT2D eigenvalue weighted by Crippen LogP contribution is -2.19. The summed E-state index contributed by atoms with van der Waals surface area (Å²) in [5.41, 5.74) is 6.65. The van der Waals surface area contributed by atoms with Crippen molar-refractivity contribution in [2.45, 2.75) is 6.42 Å². The van der Waals surface area contributed by atoms with Gasteiger partial charge in [0.25, 0.3) is 0 Å². The number of nitrogens with two attached hydrogens (primary N) is 1. The predicted octanol–water partition coefficient (Wildman–Crippen LogP) is 1.60. The molecule has 0 aliphatic carbocycles. The second-order valence-electron chi connectivity index (χ2n) is 3.38. The number of hydrogen-bond acceptors (Lipinski definition) is 4. The second-order valence-corrected chi connectivity index (χ2v) is 4.61. The van der Waals surface area contributed by atoms with E-state index in [2.05, 4.69) is 16.9 Å². The van der Waals surface area contributed by atoms with E-state index in [0.717, 1.165) is 18.8 Å². The van der Waals surface area contributed by atoms with E-state index >= 15 is 0 Å². The fourth-order valence-electron chi connectivity index (χ4n) is 1.32. The van der Waals surface area contributed by atoms with Crippen LogP contribution >= 0.6 is 11.8 Å². The maximum atomic E-state index is 5.42. The first-order valence-electron chi connectivity index (χ1n) is 5.23. The third-order valence-electron chi connectivity index (χ3n) is 2.15. The Hall–Kier alpha value is -0.740. The van der Waals surface area contributed by atoms with Crippen LogP contribution in [-0.2, 0) is 0 Å². The van der Waals surface area contributed by atoms with Crippen LogP contribution in [0.3, 0.4) is 0 Å². The van der Waals surface area contributed by atoms with Gasteiger partial charge in [-0.05, 0) is 24.3 Å². The Bertz CT molecular complexity index is 253. The first kappa shape index (κ1) is 12.3. The summed E-state index contributed by atoms with van der Waals surface area (Å²) in [6.07, 6.45) is 4.85. The van der Waals surface area contributed by atoms with Crippen LogP contribution in [0, 0.1) is 0 Å². The summed E-state index contributed by atoms with van der Waals surface area (Å²) < 4.78 is 0. The molecule has 3 nitrogen and oxygen atoms in total. The van der Waals surface area contributed by atoms with E-state index in [1.807, 2.05) is 36.3 Å². The van der Waals surface area contributed by atoms with Crippen molar-refractivity contribution in [3.8, 4) is 0 Å². The van der Waals surface area contributed by atoms with Crippen LogP contribution in [-0.4, -0.2) is 36.6 Å². The Morgan fingerprint density at radius 2 is 2.07 bits per heavy atom. The lowest BCUT2D eigenvalue weighted by Gasteiger charge is -2.18. The van der Waals surface area contributed by atoms with Gasteiger partial charge in [-0.25, -0.2) is 0 Å². The highest BCUT2D eigenvalue weighted by Crippen LogP contribution is 2.10. The normalized spacial score (nSPS) is 10.3. The molecule has 0 radical (unpaired) electrons. The van der Waals surface area contributed by atoms with Crippen LogP contribution in [0.25, 0.3) is 0 Å². The summed E-state index contributed by atoms with van der Waals surface area (Å²) in [6, 6.07) is 4.07. The number of thioether (sulfide) groups is 1. The molecule has 84 valence electrons. The second kappa shape index (κ2) is 7.54. The minimum atomic E-state index is 0.783. The molecule has 0 saturated heterocycles. The fraction of sp³-hybridized carbons (Fsp3) is 0.545. The molecule has 0 atom stereocenters. The molecule has 1 rings (SSSR count). The van der Waals surface area contributed by atoms with Gasteiger partial charge in [0.15, 0.2) is 0 Å². The molecule has 1 aromatic rings. The molecule has 0 spiro atoms. The zero-order valence-corrected chi connectivity index (χ0v) is 10.0. The molecule has 1 aromatic heterocycles. The monoisotopic (exact) mass is 225 g/mol. The van der Waals surface area contributed by atoms with Gasteiger partial charge in [0.1, 0.15) is 0 Å². The third kappa shape index (κ3) is 5.04. The van der Waals surface area contributed by atoms with Crippen LogP contribution in [0.5, 0.6) is 0 Å². The Balaban J connectivity index is 2.16. The van der Waals surface area contributed by atoms with Crippen LogP contribution in [0.4, 0.5) is 5.69 Å². The van der Waals surface area contributed by atoms with Crippen LogP contribution in [0.15, 0.2) is 24.5 Å². The number of anilines is 1. The predicted molar refractivity (Wildman–Crippen MR) is 68.5 cm³/mol. The minimum Gasteiger partial charge on any atom is -0.374 e. The number of hydrogen-bond donors (Lipinski definition) is 1. The van der Waals surface area contributed by atoms with Crippen molar-refractivity contribution in [3.63, 3.8) is 0 Å². The molecule has 0 fully saturated rings. The average molecular weight is 225 g/mol. The number of nitrogens with zero attached hydrogens (tertiary/aromatic N) is 2. The molecule has 0 aliphatic rings. The van der Waals surface area contributed by atoms with Crippen LogP contribution in [0.2, 0.25) is 0 Å². The summed E-state index contributed by atoms with van der Waals surface area (Å²) >= 11 is 1.93. The van der Waals surface area contributed by atoms with Gasteiger partial charge >= 0.3 is 0 Å². The minimum absolute atomic E-state index is 0.783. The summed E-state index contributed by atoms with van der Waals surface area (Å²) in [6.45, 7) is 1.87. The van der Waals surface area contributed by atoms with E-state index in [1.54, 1.807) is 0 Å². The zero-order valence-electron chi connectivity index (χ0n) is 9.22. The van der Waals surface area contributed by atoms with Gasteiger partial charge in [0, 0.05) is 44.0 Å². The summed E-state index contributed by atoms with van der Waals surface area (Å²) in [5.74, 6) is 2.26. The third-order valence-corrected chi connectivity index (χ3v) is 3.25. The van der Waals surface area contributed by atoms with Gasteiger partial charge in [-0.3, -0.25) is 4.98 Å². The first-order valence-corrected chi connectivity index (χ1v) is 6.39. The van der Waals surface area contributed by atoms with Gasteiger partial charge in [-0.15, -0.1) is 0 Å². The lowest BCUT2D eigenvalue weighted by atomic mass is 10.3. The maximum absolute atomic E-state index is 5.42. The van der Waals surface area contributed by atoms with Crippen molar-refractivity contribution in [1.29, 1.82) is 0 Å². The highest BCUT2D eigenvalue weighted by Gasteiger charge is 1.98. The Morgan fingerprint density at radius 1 is 1.33 bits per heavy atom. The zero-order chi connectivity index (χ0) is 10.9. The smallest absolute Gasteiger partial charge is 0.0394 e. The summed E-state index contributed by atoms with van der Waals surface area (Å²) in [5, 5.41) is 0. The van der Waals surface area contributed by atoms with E-state index in [4.69, 9.17) is 5.73 Å². The van der Waals surface area contributed by atoms with Crippen molar-refractivity contribution in [2.24, 2.45) is 5.73 Å². The van der Waals surface area contributed by atoms with E-state index < -0.39 is 0 Å². The fourth-order valence-corrected chi connectivity index (χ4v) is 2.02. The van der Waals surface area contributed by atoms with Crippen molar-refractivity contribution in [1.82, 2.24) is 4.98 Å². The lowest BCUT2D eigenvalue weighted by molar-refractivity contribution is 0.858. The van der Waals surface area contributed by atoms with Gasteiger partial charge in [-0.2, -0.15) is 11.8 Å². The van der Waals surface area contributed by atoms with E-state index in [9.17, 15) is 0 Å². The SMILES string of the molecule is CN(CCCSCCN)c1ccncc1. The number of aromatic nitrogens is 1. The van der Waals surface area contributed by atoms with E-state index in [-0.39, 0.29) is 0 Å². The summed E-state index contributed by atoms with van der Waals surface area (Å²) in [7, 11) is 2.11. The molecule has 2 N–H and O–H groups in total. The highest BCUT2D eigenvalue weighted by atomic mass is 32.2. The van der Waals surface area contributed by atoms with Gasteiger partial charge < -0.3 is 10.6 Å². The van der Waals surface area contributed by atoms with Gasteiger partial charge in [0.05, 0.1) is 0 Å². The first-order chi connectivity index (χ1) is 7.34. The molecule has 0 aliphatic heterocycles. The largest absolute Gasteiger partial charge is 0.374 e. The Kier molecular flexibility index (Phi) is 6.20. The molecule has 0 saturated carbocycles. The molecule has 0 unspecified atom stereocenters. The summed E-state index contributed by atoms with van der Waals surface area (Å²) in [4.78, 5) is 6.26. The molecule has 4 heteroatoms. The highest BCUT2D eigenvalue weighted by molar-refractivity contribution is 7.99. The van der Waals surface area contributed by atoms with Crippen molar-refractivity contribution >= 4 is 17.4 Å². The Morgan fingerprint density at radius 3 is 2.73 bits per heavy atom. The molecule has 0 amide bonds. The van der Waals surface area contributed by atoms with Crippen molar-refractivity contribution < 1.29 is 0 Å².